The molecule has 7 heteroatoms. The van der Waals surface area contributed by atoms with Gasteiger partial charge in [0.05, 0.1) is 7.11 Å². The molecular formula is C15H22N2O4S. The molecule has 22 heavy (non-hydrogen) atoms. The van der Waals surface area contributed by atoms with Crippen molar-refractivity contribution in [3.05, 3.63) is 23.8 Å². The number of piperidine rings is 1. The Morgan fingerprint density at radius 2 is 1.82 bits per heavy atom. The number of amides is 1. The molecule has 2 rings (SSSR count). The van der Waals surface area contributed by atoms with Crippen molar-refractivity contribution in [3.8, 4) is 5.75 Å². The molecular weight excluding hydrogens is 304 g/mol. The van der Waals surface area contributed by atoms with Gasteiger partial charge < -0.3 is 9.64 Å². The molecule has 1 aromatic carbocycles. The molecule has 1 amide bonds. The first-order valence-corrected chi connectivity index (χ1v) is 8.72. The van der Waals surface area contributed by atoms with Crippen LogP contribution in [0.15, 0.2) is 23.1 Å². The van der Waals surface area contributed by atoms with E-state index in [4.69, 9.17) is 4.74 Å². The number of carbonyl (C=O) groups excluding carboxylic acids is 1. The van der Waals surface area contributed by atoms with Crippen molar-refractivity contribution in [3.63, 3.8) is 0 Å². The van der Waals surface area contributed by atoms with E-state index in [0.717, 1.165) is 36.7 Å². The highest BCUT2D eigenvalue weighted by atomic mass is 32.2. The lowest BCUT2D eigenvalue weighted by Crippen LogP contribution is -2.35. The summed E-state index contributed by atoms with van der Waals surface area (Å²) in [5.41, 5.74) is 0.378. The Kier molecular flexibility index (Phi) is 5.08. The van der Waals surface area contributed by atoms with Crippen LogP contribution in [0.2, 0.25) is 0 Å². The van der Waals surface area contributed by atoms with Gasteiger partial charge in [0.1, 0.15) is 10.6 Å². The Labute approximate surface area is 131 Å². The second-order valence-electron chi connectivity index (χ2n) is 5.51. The van der Waals surface area contributed by atoms with Gasteiger partial charge in [-0.25, -0.2) is 12.7 Å². The molecule has 0 radical (unpaired) electrons. The van der Waals surface area contributed by atoms with Crippen LogP contribution in [0.1, 0.15) is 29.6 Å². The first kappa shape index (κ1) is 16.8. The molecule has 1 aromatic rings. The molecule has 0 aromatic heterocycles. The van der Waals surface area contributed by atoms with Gasteiger partial charge in [-0.05, 0) is 37.5 Å². The molecule has 1 fully saturated rings. The fourth-order valence-electron chi connectivity index (χ4n) is 2.49. The zero-order valence-corrected chi connectivity index (χ0v) is 14.0. The van der Waals surface area contributed by atoms with Crippen LogP contribution in [0.4, 0.5) is 0 Å². The summed E-state index contributed by atoms with van der Waals surface area (Å²) in [6.07, 6.45) is 3.11. The van der Waals surface area contributed by atoms with Crippen molar-refractivity contribution in [1.82, 2.24) is 9.21 Å². The topological polar surface area (TPSA) is 66.9 Å². The highest BCUT2D eigenvalue weighted by molar-refractivity contribution is 7.89. The van der Waals surface area contributed by atoms with E-state index in [-0.39, 0.29) is 16.6 Å². The van der Waals surface area contributed by atoms with Crippen LogP contribution in [-0.2, 0) is 10.0 Å². The third-order valence-electron chi connectivity index (χ3n) is 3.81. The standard InChI is InChI=1S/C15H22N2O4S/c1-16(2)22(19,20)14-11-12(7-8-13(14)21-3)15(18)17-9-5-4-6-10-17/h7-8,11H,4-6,9-10H2,1-3H3. The summed E-state index contributed by atoms with van der Waals surface area (Å²) in [5, 5.41) is 0. The fraction of sp³-hybridized carbons (Fsp3) is 0.533. The van der Waals surface area contributed by atoms with E-state index >= 15 is 0 Å². The number of ether oxygens (including phenoxy) is 1. The number of likely N-dealkylation sites (tertiary alicyclic amines) is 1. The zero-order valence-electron chi connectivity index (χ0n) is 13.2. The maximum absolute atomic E-state index is 12.5. The number of nitrogens with zero attached hydrogens (tertiary/aromatic N) is 2. The highest BCUT2D eigenvalue weighted by Crippen LogP contribution is 2.27. The molecule has 0 N–H and O–H groups in total. The molecule has 1 aliphatic rings. The predicted octanol–water partition coefficient (Wildman–Crippen LogP) is 1.57. The third-order valence-corrected chi connectivity index (χ3v) is 5.65. The molecule has 6 nitrogen and oxygen atoms in total. The lowest BCUT2D eigenvalue weighted by molar-refractivity contribution is 0.0724. The molecule has 0 atom stereocenters. The SMILES string of the molecule is COc1ccc(C(=O)N2CCCCC2)cc1S(=O)(=O)N(C)C. The lowest BCUT2D eigenvalue weighted by Gasteiger charge is -2.27. The van der Waals surface area contributed by atoms with Gasteiger partial charge in [0.2, 0.25) is 10.0 Å². The second-order valence-corrected chi connectivity index (χ2v) is 7.63. The average molecular weight is 326 g/mol. The number of hydrogen-bond acceptors (Lipinski definition) is 4. The van der Waals surface area contributed by atoms with Gasteiger partial charge in [-0.15, -0.1) is 0 Å². The fourth-order valence-corrected chi connectivity index (χ4v) is 3.56. The maximum atomic E-state index is 12.5. The zero-order chi connectivity index (χ0) is 16.3. The van der Waals surface area contributed by atoms with Gasteiger partial charge in [-0.3, -0.25) is 4.79 Å². The first-order valence-electron chi connectivity index (χ1n) is 7.28. The van der Waals surface area contributed by atoms with E-state index in [1.807, 2.05) is 0 Å². The molecule has 1 heterocycles. The predicted molar refractivity (Wildman–Crippen MR) is 83.6 cm³/mol. The second kappa shape index (κ2) is 6.66. The lowest BCUT2D eigenvalue weighted by atomic mass is 10.1. The molecule has 0 spiro atoms. The summed E-state index contributed by atoms with van der Waals surface area (Å²) in [5.74, 6) is 0.112. The summed E-state index contributed by atoms with van der Waals surface area (Å²) < 4.78 is 31.0. The van der Waals surface area contributed by atoms with Crippen molar-refractivity contribution in [2.24, 2.45) is 0 Å². The summed E-state index contributed by atoms with van der Waals surface area (Å²) in [7, 11) is 0.649. The normalized spacial score (nSPS) is 15.9. The summed E-state index contributed by atoms with van der Waals surface area (Å²) >= 11 is 0. The van der Waals surface area contributed by atoms with E-state index in [1.54, 1.807) is 11.0 Å². The number of carbonyl (C=O) groups is 1. The Balaban J connectivity index is 2.41. The van der Waals surface area contributed by atoms with Crippen molar-refractivity contribution >= 4 is 15.9 Å². The maximum Gasteiger partial charge on any atom is 0.253 e. The Bertz CT molecular complexity index is 650. The molecule has 122 valence electrons. The van der Waals surface area contributed by atoms with Gasteiger partial charge in [0.15, 0.2) is 0 Å². The summed E-state index contributed by atoms with van der Waals surface area (Å²) in [6.45, 7) is 1.45. The molecule has 0 bridgehead atoms. The van der Waals surface area contributed by atoms with E-state index in [9.17, 15) is 13.2 Å². The third kappa shape index (κ3) is 3.25. The van der Waals surface area contributed by atoms with Crippen LogP contribution in [0.5, 0.6) is 5.75 Å². The smallest absolute Gasteiger partial charge is 0.253 e. The van der Waals surface area contributed by atoms with Crippen LogP contribution >= 0.6 is 0 Å². The average Bonchev–Trinajstić information content (AvgIpc) is 2.54. The Morgan fingerprint density at radius 3 is 2.36 bits per heavy atom. The van der Waals surface area contributed by atoms with Gasteiger partial charge in [0.25, 0.3) is 5.91 Å². The minimum atomic E-state index is -3.67. The van der Waals surface area contributed by atoms with Gasteiger partial charge in [0, 0.05) is 32.7 Å². The van der Waals surface area contributed by atoms with E-state index in [0.29, 0.717) is 5.56 Å². The van der Waals surface area contributed by atoms with Gasteiger partial charge in [-0.2, -0.15) is 0 Å². The van der Waals surface area contributed by atoms with Crippen LogP contribution in [0, 0.1) is 0 Å². The molecule has 0 unspecified atom stereocenters. The van der Waals surface area contributed by atoms with Crippen molar-refractivity contribution in [2.75, 3.05) is 34.3 Å². The van der Waals surface area contributed by atoms with E-state index < -0.39 is 10.0 Å². The van der Waals surface area contributed by atoms with Crippen LogP contribution in [0.25, 0.3) is 0 Å². The molecule has 1 saturated heterocycles. The Morgan fingerprint density at radius 1 is 1.18 bits per heavy atom. The quantitative estimate of drug-likeness (QED) is 0.842. The van der Waals surface area contributed by atoms with E-state index in [2.05, 4.69) is 0 Å². The first-order chi connectivity index (χ1) is 10.4. The van der Waals surface area contributed by atoms with Crippen LogP contribution in [-0.4, -0.2) is 57.8 Å². The number of hydrogen-bond donors (Lipinski definition) is 0. The molecule has 0 aliphatic carbocycles. The van der Waals surface area contributed by atoms with Crippen molar-refractivity contribution in [2.45, 2.75) is 24.2 Å². The highest BCUT2D eigenvalue weighted by Gasteiger charge is 2.25. The minimum absolute atomic E-state index is 0.0165. The monoisotopic (exact) mass is 326 g/mol. The number of sulfonamides is 1. The number of benzene rings is 1. The largest absolute Gasteiger partial charge is 0.495 e. The van der Waals surface area contributed by atoms with Crippen LogP contribution in [0.3, 0.4) is 0 Å². The van der Waals surface area contributed by atoms with Crippen molar-refractivity contribution < 1.29 is 17.9 Å². The summed E-state index contributed by atoms with van der Waals surface area (Å²) in [4.78, 5) is 14.3. The number of methoxy groups -OCH3 is 1. The molecule has 0 saturated carbocycles. The summed E-state index contributed by atoms with van der Waals surface area (Å²) in [6, 6.07) is 4.56. The molecule has 1 aliphatic heterocycles. The minimum Gasteiger partial charge on any atom is -0.495 e. The number of rotatable bonds is 4. The Hall–Kier alpha value is -1.60. The van der Waals surface area contributed by atoms with Crippen molar-refractivity contribution in [1.29, 1.82) is 0 Å². The van der Waals surface area contributed by atoms with Gasteiger partial charge >= 0.3 is 0 Å². The van der Waals surface area contributed by atoms with E-state index in [1.165, 1.54) is 33.3 Å². The van der Waals surface area contributed by atoms with Crippen LogP contribution < -0.4 is 4.74 Å². The van der Waals surface area contributed by atoms with Gasteiger partial charge in [-0.1, -0.05) is 0 Å².